The molecule has 0 unspecified atom stereocenters. The molecule has 0 aliphatic carbocycles. The molecule has 0 saturated heterocycles. The van der Waals surface area contributed by atoms with E-state index in [1.165, 1.54) is 7.11 Å². The molecule has 2 amide bonds. The summed E-state index contributed by atoms with van der Waals surface area (Å²) >= 11 is 0. The van der Waals surface area contributed by atoms with E-state index < -0.39 is 5.97 Å². The van der Waals surface area contributed by atoms with Crippen LogP contribution < -0.4 is 21.3 Å². The monoisotopic (exact) mass is 478 g/mol. The highest BCUT2D eigenvalue weighted by atomic mass is 16.5. The maximum Gasteiger partial charge on any atom is 0.337 e. The number of carbonyl (C=O) groups excluding carboxylic acids is 3. The van der Waals surface area contributed by atoms with Crippen LogP contribution in [-0.4, -0.2) is 37.0 Å². The van der Waals surface area contributed by atoms with Crippen molar-refractivity contribution >= 4 is 40.4 Å². The number of nitrogens with two attached hydrogens (primary N) is 1. The highest BCUT2D eigenvalue weighted by Crippen LogP contribution is 2.36. The number of rotatable bonds is 9. The molecule has 0 saturated carbocycles. The highest BCUT2D eigenvalue weighted by molar-refractivity contribution is 6.32. The Morgan fingerprint density at radius 2 is 1.83 bits per heavy atom. The molecule has 8 nitrogen and oxygen atoms in total. The Bertz CT molecular complexity index is 1150. The van der Waals surface area contributed by atoms with Crippen molar-refractivity contribution in [2.45, 2.75) is 52.5 Å². The number of methoxy groups -OCH3 is 1. The number of anilines is 3. The quantitative estimate of drug-likeness (QED) is 0.360. The first-order valence-electron chi connectivity index (χ1n) is 11.8. The van der Waals surface area contributed by atoms with Crippen molar-refractivity contribution in [1.82, 2.24) is 0 Å². The summed E-state index contributed by atoms with van der Waals surface area (Å²) in [5.41, 5.74) is 10.4. The minimum absolute atomic E-state index is 0.0469. The molecule has 4 N–H and O–H groups in total. The first-order chi connectivity index (χ1) is 16.5. The van der Waals surface area contributed by atoms with Gasteiger partial charge in [0.2, 0.25) is 5.91 Å². The molecule has 1 heterocycles. The smallest absolute Gasteiger partial charge is 0.337 e. The van der Waals surface area contributed by atoms with Crippen LogP contribution in [0.3, 0.4) is 0 Å². The molecule has 8 heteroatoms. The van der Waals surface area contributed by atoms with Gasteiger partial charge in [0.1, 0.15) is 0 Å². The van der Waals surface area contributed by atoms with Gasteiger partial charge in [0, 0.05) is 41.6 Å². The molecule has 0 spiro atoms. The minimum atomic E-state index is -0.457. The molecule has 186 valence electrons. The van der Waals surface area contributed by atoms with Crippen LogP contribution in [0, 0.1) is 0 Å². The van der Waals surface area contributed by atoms with Crippen LogP contribution >= 0.6 is 0 Å². The number of hydrogen-bond acceptors (Lipinski definition) is 6. The van der Waals surface area contributed by atoms with Crippen molar-refractivity contribution in [3.63, 3.8) is 0 Å². The van der Waals surface area contributed by atoms with E-state index >= 15 is 0 Å². The topological polar surface area (TPSA) is 114 Å². The van der Waals surface area contributed by atoms with E-state index in [4.69, 9.17) is 10.5 Å². The fourth-order valence-electron chi connectivity index (χ4n) is 3.98. The molecule has 1 aliphatic rings. The molecule has 3 rings (SSSR count). The van der Waals surface area contributed by atoms with Gasteiger partial charge >= 0.3 is 5.97 Å². The van der Waals surface area contributed by atoms with Crippen LogP contribution in [0.2, 0.25) is 0 Å². The van der Waals surface area contributed by atoms with Gasteiger partial charge in [-0.1, -0.05) is 19.4 Å². The molecule has 1 aliphatic heterocycles. The van der Waals surface area contributed by atoms with Crippen molar-refractivity contribution < 1.29 is 19.1 Å². The lowest BCUT2D eigenvalue weighted by Crippen LogP contribution is -2.39. The minimum Gasteiger partial charge on any atom is -0.465 e. The molecule has 0 bridgehead atoms. The van der Waals surface area contributed by atoms with Gasteiger partial charge in [0.25, 0.3) is 5.91 Å². The second kappa shape index (κ2) is 10.7. The van der Waals surface area contributed by atoms with Crippen molar-refractivity contribution in [3.05, 3.63) is 59.3 Å². The van der Waals surface area contributed by atoms with Gasteiger partial charge in [-0.15, -0.1) is 0 Å². The molecule has 2 aromatic rings. The van der Waals surface area contributed by atoms with E-state index in [9.17, 15) is 14.4 Å². The van der Waals surface area contributed by atoms with Gasteiger partial charge in [-0.25, -0.2) is 4.79 Å². The molecule has 0 aromatic heterocycles. The largest absolute Gasteiger partial charge is 0.465 e. The molecule has 35 heavy (non-hydrogen) atoms. The molecule has 0 fully saturated rings. The standard InChI is InChI=1S/C27H34N4O4/c1-6-7-22(24-21-13-8-18(26(34)35-5)16-23(21)30-25(24)33)29-19-9-11-20(12-10-19)31(17(2)32)15-14-27(3,4)28/h8-13,16,29H,6-7,14-15,28H2,1-5H3,(H,30,33). The van der Waals surface area contributed by atoms with Gasteiger partial charge in [0.15, 0.2) is 0 Å². The fourth-order valence-corrected chi connectivity index (χ4v) is 3.98. The zero-order chi connectivity index (χ0) is 25.8. The lowest BCUT2D eigenvalue weighted by Gasteiger charge is -2.26. The second-order valence-corrected chi connectivity index (χ2v) is 9.39. The molecular weight excluding hydrogens is 444 g/mol. The number of amides is 2. The number of benzene rings is 2. The molecule has 2 aromatic carbocycles. The Morgan fingerprint density at radius 1 is 1.14 bits per heavy atom. The Labute approximate surface area is 206 Å². The summed E-state index contributed by atoms with van der Waals surface area (Å²) in [5, 5.41) is 6.25. The number of ether oxygens (including phenoxy) is 1. The SMILES string of the molecule is CCCC(Nc1ccc(N(CCC(C)(C)N)C(C)=O)cc1)=C1C(=O)Nc2cc(C(=O)OC)ccc21. The van der Waals surface area contributed by atoms with E-state index in [0.717, 1.165) is 29.1 Å². The average molecular weight is 479 g/mol. The fraction of sp³-hybridized carbons (Fsp3) is 0.370. The Morgan fingerprint density at radius 3 is 2.40 bits per heavy atom. The summed E-state index contributed by atoms with van der Waals surface area (Å²) < 4.78 is 4.78. The summed E-state index contributed by atoms with van der Waals surface area (Å²) in [4.78, 5) is 38.7. The third kappa shape index (κ3) is 6.27. The summed E-state index contributed by atoms with van der Waals surface area (Å²) in [6.45, 7) is 7.99. The van der Waals surface area contributed by atoms with Crippen LogP contribution in [0.4, 0.5) is 17.1 Å². The Balaban J connectivity index is 1.88. The number of carbonyl (C=O) groups is 3. The van der Waals surface area contributed by atoms with Crippen LogP contribution in [0.1, 0.15) is 62.9 Å². The van der Waals surface area contributed by atoms with Crippen LogP contribution in [0.25, 0.3) is 5.57 Å². The van der Waals surface area contributed by atoms with Crippen LogP contribution in [0.5, 0.6) is 0 Å². The lowest BCUT2D eigenvalue weighted by atomic mass is 10.0. The third-order valence-electron chi connectivity index (χ3n) is 5.82. The summed E-state index contributed by atoms with van der Waals surface area (Å²) in [7, 11) is 1.32. The van der Waals surface area contributed by atoms with Gasteiger partial charge in [-0.3, -0.25) is 9.59 Å². The lowest BCUT2D eigenvalue weighted by molar-refractivity contribution is -0.116. The van der Waals surface area contributed by atoms with Crippen molar-refractivity contribution in [2.24, 2.45) is 5.73 Å². The van der Waals surface area contributed by atoms with Crippen molar-refractivity contribution in [2.75, 3.05) is 29.2 Å². The second-order valence-electron chi connectivity index (χ2n) is 9.39. The van der Waals surface area contributed by atoms with Gasteiger partial charge < -0.3 is 26.0 Å². The molecular formula is C27H34N4O4. The van der Waals surface area contributed by atoms with E-state index in [2.05, 4.69) is 10.6 Å². The first-order valence-corrected chi connectivity index (χ1v) is 11.8. The highest BCUT2D eigenvalue weighted by Gasteiger charge is 2.28. The molecule has 0 radical (unpaired) electrons. The maximum absolute atomic E-state index is 12.9. The van der Waals surface area contributed by atoms with Crippen molar-refractivity contribution in [3.8, 4) is 0 Å². The van der Waals surface area contributed by atoms with E-state index in [-0.39, 0.29) is 17.4 Å². The average Bonchev–Trinajstić information content (AvgIpc) is 3.13. The molecule has 0 atom stereocenters. The number of esters is 1. The first kappa shape index (κ1) is 26.0. The normalized spacial score (nSPS) is 14.2. The zero-order valence-electron chi connectivity index (χ0n) is 21.0. The number of fused-ring (bicyclic) bond motifs is 1. The predicted molar refractivity (Wildman–Crippen MR) is 139 cm³/mol. The summed E-state index contributed by atoms with van der Waals surface area (Å²) in [6.07, 6.45) is 2.17. The maximum atomic E-state index is 12.9. The predicted octanol–water partition coefficient (Wildman–Crippen LogP) is 4.53. The van der Waals surface area contributed by atoms with Gasteiger partial charge in [0.05, 0.1) is 23.9 Å². The number of nitrogens with zero attached hydrogens (tertiary/aromatic N) is 1. The van der Waals surface area contributed by atoms with E-state index in [0.29, 0.717) is 36.2 Å². The zero-order valence-corrected chi connectivity index (χ0v) is 21.0. The summed E-state index contributed by atoms with van der Waals surface area (Å²) in [6, 6.07) is 12.6. The number of nitrogens with one attached hydrogen (secondary N) is 2. The van der Waals surface area contributed by atoms with E-state index in [1.54, 1.807) is 30.0 Å². The number of allylic oxidation sites excluding steroid dienone is 1. The summed E-state index contributed by atoms with van der Waals surface area (Å²) in [5.74, 6) is -0.725. The van der Waals surface area contributed by atoms with E-state index in [1.807, 2.05) is 45.0 Å². The van der Waals surface area contributed by atoms with Gasteiger partial charge in [-0.05, 0) is 63.1 Å². The Kier molecular flexibility index (Phi) is 7.96. The number of hydrogen-bond donors (Lipinski definition) is 3. The van der Waals surface area contributed by atoms with Crippen molar-refractivity contribution in [1.29, 1.82) is 0 Å². The Hall–Kier alpha value is -3.65. The third-order valence-corrected chi connectivity index (χ3v) is 5.82. The van der Waals surface area contributed by atoms with Gasteiger partial charge in [-0.2, -0.15) is 0 Å². The van der Waals surface area contributed by atoms with Crippen LogP contribution in [0.15, 0.2) is 48.2 Å². The van der Waals surface area contributed by atoms with Crippen LogP contribution in [-0.2, 0) is 14.3 Å².